The summed E-state index contributed by atoms with van der Waals surface area (Å²) < 4.78 is 6.83. The fourth-order valence-corrected chi connectivity index (χ4v) is 2.21. The van der Waals surface area contributed by atoms with Gasteiger partial charge in [-0.25, -0.2) is 9.48 Å². The van der Waals surface area contributed by atoms with Crippen molar-refractivity contribution in [3.63, 3.8) is 0 Å². The SMILES string of the molecule is CC(=O)NC[C@H](C)OC(=O)c1nn(-c2ccccc2Cl)cc1C. The van der Waals surface area contributed by atoms with E-state index in [0.717, 1.165) is 0 Å². The maximum Gasteiger partial charge on any atom is 0.359 e. The number of amides is 1. The fourth-order valence-electron chi connectivity index (χ4n) is 1.99. The molecule has 6 nitrogen and oxygen atoms in total. The van der Waals surface area contributed by atoms with E-state index in [1.54, 1.807) is 30.8 Å². The highest BCUT2D eigenvalue weighted by Gasteiger charge is 2.19. The number of para-hydroxylation sites is 1. The van der Waals surface area contributed by atoms with Gasteiger partial charge in [-0.3, -0.25) is 4.79 Å². The Morgan fingerprint density at radius 1 is 1.39 bits per heavy atom. The van der Waals surface area contributed by atoms with Crippen LogP contribution in [0.5, 0.6) is 0 Å². The van der Waals surface area contributed by atoms with Gasteiger partial charge in [-0.1, -0.05) is 23.7 Å². The maximum absolute atomic E-state index is 12.2. The summed E-state index contributed by atoms with van der Waals surface area (Å²) in [4.78, 5) is 23.1. The third-order valence-corrected chi connectivity index (χ3v) is 3.46. The first-order valence-corrected chi connectivity index (χ1v) is 7.53. The average molecular weight is 336 g/mol. The molecular formula is C16H18ClN3O3. The van der Waals surface area contributed by atoms with Crippen molar-refractivity contribution < 1.29 is 14.3 Å². The lowest BCUT2D eigenvalue weighted by Gasteiger charge is -2.12. The number of aryl methyl sites for hydroxylation is 1. The lowest BCUT2D eigenvalue weighted by Crippen LogP contribution is -2.31. The highest BCUT2D eigenvalue weighted by Crippen LogP contribution is 2.20. The van der Waals surface area contributed by atoms with Gasteiger partial charge in [0, 0.05) is 18.7 Å². The van der Waals surface area contributed by atoms with Crippen molar-refractivity contribution in [1.82, 2.24) is 15.1 Å². The van der Waals surface area contributed by atoms with E-state index in [1.165, 1.54) is 6.92 Å². The number of nitrogens with one attached hydrogen (secondary N) is 1. The number of ether oxygens (including phenoxy) is 1. The molecule has 2 rings (SSSR count). The molecule has 0 radical (unpaired) electrons. The molecule has 0 saturated heterocycles. The number of carbonyl (C=O) groups excluding carboxylic acids is 2. The molecule has 7 heteroatoms. The highest BCUT2D eigenvalue weighted by molar-refractivity contribution is 6.32. The van der Waals surface area contributed by atoms with Crippen LogP contribution >= 0.6 is 11.6 Å². The van der Waals surface area contributed by atoms with Crippen molar-refractivity contribution in [1.29, 1.82) is 0 Å². The van der Waals surface area contributed by atoms with Crippen LogP contribution in [0.4, 0.5) is 0 Å². The largest absolute Gasteiger partial charge is 0.456 e. The van der Waals surface area contributed by atoms with Gasteiger partial charge in [-0.05, 0) is 26.0 Å². The number of aromatic nitrogens is 2. The van der Waals surface area contributed by atoms with Crippen LogP contribution in [-0.2, 0) is 9.53 Å². The van der Waals surface area contributed by atoms with Crippen molar-refractivity contribution >= 4 is 23.5 Å². The van der Waals surface area contributed by atoms with E-state index in [2.05, 4.69) is 10.4 Å². The van der Waals surface area contributed by atoms with Gasteiger partial charge in [0.1, 0.15) is 6.10 Å². The minimum absolute atomic E-state index is 0.174. The van der Waals surface area contributed by atoms with E-state index >= 15 is 0 Å². The molecule has 0 spiro atoms. The second-order valence-corrected chi connectivity index (χ2v) is 5.62. The van der Waals surface area contributed by atoms with Gasteiger partial charge < -0.3 is 10.1 Å². The maximum atomic E-state index is 12.2. The van der Waals surface area contributed by atoms with Crippen molar-refractivity contribution in [3.8, 4) is 5.69 Å². The average Bonchev–Trinajstić information content (AvgIpc) is 2.87. The molecule has 2 aromatic rings. The van der Waals surface area contributed by atoms with Crippen LogP contribution in [0, 0.1) is 6.92 Å². The summed E-state index contributed by atoms with van der Waals surface area (Å²) >= 11 is 6.14. The Hall–Kier alpha value is -2.34. The molecule has 1 aromatic carbocycles. The molecule has 1 amide bonds. The summed E-state index contributed by atoms with van der Waals surface area (Å²) in [5, 5.41) is 7.39. The summed E-state index contributed by atoms with van der Waals surface area (Å²) in [6.07, 6.45) is 1.27. The summed E-state index contributed by atoms with van der Waals surface area (Å²) in [5.74, 6) is -0.710. The third kappa shape index (κ3) is 4.32. The number of halogens is 1. The van der Waals surface area contributed by atoms with Crippen LogP contribution in [-0.4, -0.2) is 34.3 Å². The minimum atomic E-state index is -0.536. The lowest BCUT2D eigenvalue weighted by molar-refractivity contribution is -0.119. The number of hydrogen-bond acceptors (Lipinski definition) is 4. The summed E-state index contributed by atoms with van der Waals surface area (Å²) in [6.45, 7) is 5.14. The van der Waals surface area contributed by atoms with Crippen molar-refractivity contribution in [2.24, 2.45) is 0 Å². The number of carbonyl (C=O) groups is 2. The second-order valence-electron chi connectivity index (χ2n) is 5.21. The molecule has 0 aliphatic rings. The first-order valence-electron chi connectivity index (χ1n) is 7.15. The predicted molar refractivity (Wildman–Crippen MR) is 86.9 cm³/mol. The third-order valence-electron chi connectivity index (χ3n) is 3.14. The summed E-state index contributed by atoms with van der Waals surface area (Å²) in [6, 6.07) is 7.22. The van der Waals surface area contributed by atoms with Gasteiger partial charge in [0.25, 0.3) is 0 Å². The molecule has 0 aliphatic heterocycles. The Labute approximate surface area is 139 Å². The Balaban J connectivity index is 2.13. The van der Waals surface area contributed by atoms with Crippen LogP contribution in [0.1, 0.15) is 29.9 Å². The first-order chi connectivity index (χ1) is 10.9. The number of esters is 1. The minimum Gasteiger partial charge on any atom is -0.456 e. The molecule has 122 valence electrons. The Morgan fingerprint density at radius 2 is 2.09 bits per heavy atom. The van der Waals surface area contributed by atoms with E-state index in [1.807, 2.05) is 18.2 Å². The molecule has 0 bridgehead atoms. The number of nitrogens with zero attached hydrogens (tertiary/aromatic N) is 2. The fraction of sp³-hybridized carbons (Fsp3) is 0.312. The van der Waals surface area contributed by atoms with E-state index in [0.29, 0.717) is 16.3 Å². The van der Waals surface area contributed by atoms with Crippen LogP contribution in [0.3, 0.4) is 0 Å². The number of rotatable bonds is 5. The van der Waals surface area contributed by atoms with Crippen LogP contribution < -0.4 is 5.32 Å². The van der Waals surface area contributed by atoms with Gasteiger partial charge in [0.15, 0.2) is 5.69 Å². The lowest BCUT2D eigenvalue weighted by atomic mass is 10.3. The molecule has 1 atom stereocenters. The molecule has 0 aliphatic carbocycles. The molecule has 1 heterocycles. The molecular weight excluding hydrogens is 318 g/mol. The molecule has 0 saturated carbocycles. The molecule has 23 heavy (non-hydrogen) atoms. The topological polar surface area (TPSA) is 73.2 Å². The smallest absolute Gasteiger partial charge is 0.359 e. The van der Waals surface area contributed by atoms with Gasteiger partial charge in [0.2, 0.25) is 5.91 Å². The Kier molecular flexibility index (Phi) is 5.39. The van der Waals surface area contributed by atoms with Gasteiger partial charge in [-0.15, -0.1) is 0 Å². The van der Waals surface area contributed by atoms with Crippen molar-refractivity contribution in [2.75, 3.05) is 6.54 Å². The van der Waals surface area contributed by atoms with Crippen LogP contribution in [0.15, 0.2) is 30.5 Å². The molecule has 0 unspecified atom stereocenters. The molecule has 1 aromatic heterocycles. The van der Waals surface area contributed by atoms with Crippen LogP contribution in [0.2, 0.25) is 5.02 Å². The number of hydrogen-bond donors (Lipinski definition) is 1. The van der Waals surface area contributed by atoms with E-state index in [9.17, 15) is 9.59 Å². The predicted octanol–water partition coefficient (Wildman–Crippen LogP) is 2.52. The Morgan fingerprint density at radius 3 is 2.74 bits per heavy atom. The molecule has 1 N–H and O–H groups in total. The van der Waals surface area contributed by atoms with Crippen LogP contribution in [0.25, 0.3) is 5.69 Å². The van der Waals surface area contributed by atoms with E-state index in [-0.39, 0.29) is 18.1 Å². The number of benzene rings is 1. The first kappa shape index (κ1) is 17.0. The van der Waals surface area contributed by atoms with Crippen molar-refractivity contribution in [3.05, 3.63) is 46.7 Å². The summed E-state index contributed by atoms with van der Waals surface area (Å²) in [7, 11) is 0. The summed E-state index contributed by atoms with van der Waals surface area (Å²) in [5.41, 5.74) is 1.59. The standard InChI is InChI=1S/C16H18ClN3O3/c1-10-9-20(14-7-5-4-6-13(14)17)19-15(10)16(22)23-11(2)8-18-12(3)21/h4-7,9,11H,8H2,1-3H3,(H,18,21)/t11-/m0/s1. The zero-order valence-electron chi connectivity index (χ0n) is 13.2. The van der Waals surface area contributed by atoms with Gasteiger partial charge in [0.05, 0.1) is 17.3 Å². The Bertz CT molecular complexity index is 727. The normalized spacial score (nSPS) is 11.8. The van der Waals surface area contributed by atoms with E-state index in [4.69, 9.17) is 16.3 Å². The zero-order valence-corrected chi connectivity index (χ0v) is 13.9. The molecule has 0 fully saturated rings. The van der Waals surface area contributed by atoms with Gasteiger partial charge >= 0.3 is 5.97 Å². The second kappa shape index (κ2) is 7.28. The monoisotopic (exact) mass is 335 g/mol. The van der Waals surface area contributed by atoms with Crippen molar-refractivity contribution in [2.45, 2.75) is 26.9 Å². The highest BCUT2D eigenvalue weighted by atomic mass is 35.5. The van der Waals surface area contributed by atoms with E-state index < -0.39 is 12.1 Å². The quantitative estimate of drug-likeness (QED) is 0.852. The van der Waals surface area contributed by atoms with Gasteiger partial charge in [-0.2, -0.15) is 5.10 Å². The zero-order chi connectivity index (χ0) is 17.0.